The van der Waals surface area contributed by atoms with E-state index in [-0.39, 0.29) is 0 Å². The lowest BCUT2D eigenvalue weighted by Crippen LogP contribution is -2.49. The molecule has 1 N–H and O–H groups in total. The fourth-order valence-corrected chi connectivity index (χ4v) is 3.12. The molecule has 1 aliphatic heterocycles. The lowest BCUT2D eigenvalue weighted by molar-refractivity contribution is 0.177. The number of thiocarbonyl (C=S) groups is 1. The van der Waals surface area contributed by atoms with E-state index in [1.807, 2.05) is 42.5 Å². The predicted molar refractivity (Wildman–Crippen MR) is 103 cm³/mol. The van der Waals surface area contributed by atoms with Gasteiger partial charge in [0, 0.05) is 38.4 Å². The quantitative estimate of drug-likeness (QED) is 0.862. The van der Waals surface area contributed by atoms with Crippen LogP contribution in [0.5, 0.6) is 5.75 Å². The molecule has 0 saturated carbocycles. The molecule has 1 heterocycles. The highest BCUT2D eigenvalue weighted by Gasteiger charge is 2.19. The lowest BCUT2D eigenvalue weighted by atomic mass is 10.2. The van der Waals surface area contributed by atoms with Crippen LogP contribution in [0.1, 0.15) is 5.56 Å². The van der Waals surface area contributed by atoms with Crippen molar-refractivity contribution >= 4 is 23.0 Å². The van der Waals surface area contributed by atoms with Gasteiger partial charge in [0.05, 0.1) is 7.11 Å². The van der Waals surface area contributed by atoms with Gasteiger partial charge in [-0.05, 0) is 42.0 Å². The van der Waals surface area contributed by atoms with Gasteiger partial charge in [-0.15, -0.1) is 0 Å². The second-order valence-electron chi connectivity index (χ2n) is 5.91. The monoisotopic (exact) mass is 341 g/mol. The number of anilines is 1. The molecule has 1 aliphatic rings. The first-order valence-electron chi connectivity index (χ1n) is 8.21. The summed E-state index contributed by atoms with van der Waals surface area (Å²) in [6.07, 6.45) is 0. The highest BCUT2D eigenvalue weighted by molar-refractivity contribution is 7.80. The van der Waals surface area contributed by atoms with Crippen molar-refractivity contribution in [1.82, 2.24) is 9.80 Å². The van der Waals surface area contributed by atoms with Crippen LogP contribution in [-0.2, 0) is 6.54 Å². The molecule has 4 nitrogen and oxygen atoms in total. The van der Waals surface area contributed by atoms with Gasteiger partial charge in [0.2, 0.25) is 0 Å². The van der Waals surface area contributed by atoms with Crippen LogP contribution in [0, 0.1) is 0 Å². The number of methoxy groups -OCH3 is 1. The van der Waals surface area contributed by atoms with Crippen molar-refractivity contribution in [3.05, 3.63) is 60.2 Å². The molecule has 1 fully saturated rings. The summed E-state index contributed by atoms with van der Waals surface area (Å²) in [5.74, 6) is 0.904. The molecule has 126 valence electrons. The van der Waals surface area contributed by atoms with E-state index in [4.69, 9.17) is 17.0 Å². The number of nitrogens with one attached hydrogen (secondary N) is 1. The molecule has 1 saturated heterocycles. The minimum atomic E-state index is 0.810. The van der Waals surface area contributed by atoms with Gasteiger partial charge in [-0.25, -0.2) is 0 Å². The molecule has 0 unspecified atom stereocenters. The minimum Gasteiger partial charge on any atom is -0.497 e. The van der Waals surface area contributed by atoms with E-state index >= 15 is 0 Å². The maximum absolute atomic E-state index is 5.53. The first-order valence-corrected chi connectivity index (χ1v) is 8.62. The van der Waals surface area contributed by atoms with Crippen LogP contribution in [0.25, 0.3) is 0 Å². The molecule has 2 aromatic rings. The summed E-state index contributed by atoms with van der Waals surface area (Å²) in [7, 11) is 1.70. The van der Waals surface area contributed by atoms with Crippen molar-refractivity contribution in [1.29, 1.82) is 0 Å². The fourth-order valence-electron chi connectivity index (χ4n) is 2.82. The summed E-state index contributed by atoms with van der Waals surface area (Å²) in [4.78, 5) is 4.70. The Morgan fingerprint density at radius 2 is 1.67 bits per heavy atom. The molecule has 2 aromatic carbocycles. The smallest absolute Gasteiger partial charge is 0.173 e. The highest BCUT2D eigenvalue weighted by Crippen LogP contribution is 2.15. The number of hydrogen-bond acceptors (Lipinski definition) is 3. The van der Waals surface area contributed by atoms with Crippen LogP contribution in [-0.4, -0.2) is 48.2 Å². The number of para-hydroxylation sites is 1. The van der Waals surface area contributed by atoms with Crippen molar-refractivity contribution in [2.24, 2.45) is 0 Å². The topological polar surface area (TPSA) is 27.7 Å². The first-order chi connectivity index (χ1) is 11.7. The summed E-state index contributed by atoms with van der Waals surface area (Å²) >= 11 is 5.53. The van der Waals surface area contributed by atoms with Gasteiger partial charge in [0.15, 0.2) is 5.11 Å². The molecule has 0 amide bonds. The molecule has 0 radical (unpaired) electrons. The van der Waals surface area contributed by atoms with Crippen LogP contribution >= 0.6 is 12.2 Å². The standard InChI is InChI=1S/C19H23N3OS/c1-23-18-9-7-16(8-10-18)15-21-11-13-22(14-12-21)19(24)20-17-5-3-2-4-6-17/h2-10H,11-15H2,1H3,(H,20,24). The highest BCUT2D eigenvalue weighted by atomic mass is 32.1. The molecular formula is C19H23N3OS. The Hall–Kier alpha value is -2.11. The van der Waals surface area contributed by atoms with Crippen molar-refractivity contribution in [3.63, 3.8) is 0 Å². The van der Waals surface area contributed by atoms with Crippen LogP contribution in [0.15, 0.2) is 54.6 Å². The normalized spacial score (nSPS) is 15.1. The summed E-state index contributed by atoms with van der Waals surface area (Å²) in [6, 6.07) is 18.4. The van der Waals surface area contributed by atoms with Gasteiger partial charge < -0.3 is 15.0 Å². The summed E-state index contributed by atoms with van der Waals surface area (Å²) in [5.41, 5.74) is 2.36. The molecule has 0 bridgehead atoms. The van der Waals surface area contributed by atoms with E-state index in [9.17, 15) is 0 Å². The Morgan fingerprint density at radius 3 is 2.29 bits per heavy atom. The van der Waals surface area contributed by atoms with Crippen LogP contribution in [0.4, 0.5) is 5.69 Å². The second-order valence-corrected chi connectivity index (χ2v) is 6.29. The molecule has 24 heavy (non-hydrogen) atoms. The number of hydrogen-bond donors (Lipinski definition) is 1. The molecular weight excluding hydrogens is 318 g/mol. The zero-order valence-corrected chi connectivity index (χ0v) is 14.8. The molecule has 0 aromatic heterocycles. The zero-order valence-electron chi connectivity index (χ0n) is 13.9. The molecule has 0 aliphatic carbocycles. The summed E-state index contributed by atoms with van der Waals surface area (Å²) < 4.78 is 5.21. The van der Waals surface area contributed by atoms with Gasteiger partial charge in [-0.1, -0.05) is 30.3 Å². The van der Waals surface area contributed by atoms with E-state index in [1.165, 1.54) is 5.56 Å². The Bertz CT molecular complexity index is 652. The maximum atomic E-state index is 5.53. The van der Waals surface area contributed by atoms with Gasteiger partial charge >= 0.3 is 0 Å². The average Bonchev–Trinajstić information content (AvgIpc) is 2.64. The van der Waals surface area contributed by atoms with Crippen molar-refractivity contribution < 1.29 is 4.74 Å². The Balaban J connectivity index is 1.47. The molecule has 0 spiro atoms. The average molecular weight is 341 g/mol. The predicted octanol–water partition coefficient (Wildman–Crippen LogP) is 3.21. The van der Waals surface area contributed by atoms with Crippen molar-refractivity contribution in [3.8, 4) is 5.75 Å². The Labute approximate surface area is 149 Å². The maximum Gasteiger partial charge on any atom is 0.173 e. The largest absolute Gasteiger partial charge is 0.497 e. The third-order valence-corrected chi connectivity index (χ3v) is 4.61. The molecule has 5 heteroatoms. The Morgan fingerprint density at radius 1 is 1.00 bits per heavy atom. The van der Waals surface area contributed by atoms with E-state index in [1.54, 1.807) is 7.11 Å². The number of piperazine rings is 1. The number of benzene rings is 2. The van der Waals surface area contributed by atoms with Gasteiger partial charge in [-0.3, -0.25) is 4.90 Å². The fraction of sp³-hybridized carbons (Fsp3) is 0.316. The van der Waals surface area contributed by atoms with E-state index in [0.717, 1.165) is 49.3 Å². The van der Waals surface area contributed by atoms with Crippen LogP contribution < -0.4 is 10.1 Å². The third-order valence-electron chi connectivity index (χ3n) is 4.25. The lowest BCUT2D eigenvalue weighted by Gasteiger charge is -2.36. The van der Waals surface area contributed by atoms with E-state index < -0.39 is 0 Å². The molecule has 3 rings (SSSR count). The first kappa shape index (κ1) is 16.7. The SMILES string of the molecule is COc1ccc(CN2CCN(C(=S)Nc3ccccc3)CC2)cc1. The Kier molecular flexibility index (Phi) is 5.67. The van der Waals surface area contributed by atoms with Gasteiger partial charge in [-0.2, -0.15) is 0 Å². The van der Waals surface area contributed by atoms with Gasteiger partial charge in [0.25, 0.3) is 0 Å². The van der Waals surface area contributed by atoms with Crippen LogP contribution in [0.3, 0.4) is 0 Å². The van der Waals surface area contributed by atoms with E-state index in [0.29, 0.717) is 0 Å². The molecule has 0 atom stereocenters. The van der Waals surface area contributed by atoms with Gasteiger partial charge in [0.1, 0.15) is 5.75 Å². The third kappa shape index (κ3) is 4.46. The minimum absolute atomic E-state index is 0.810. The summed E-state index contributed by atoms with van der Waals surface area (Å²) in [6.45, 7) is 4.91. The zero-order chi connectivity index (χ0) is 16.8. The van der Waals surface area contributed by atoms with Crippen molar-refractivity contribution in [2.75, 3.05) is 38.6 Å². The van der Waals surface area contributed by atoms with E-state index in [2.05, 4.69) is 27.2 Å². The number of nitrogens with zero attached hydrogens (tertiary/aromatic N) is 2. The van der Waals surface area contributed by atoms with Crippen molar-refractivity contribution in [2.45, 2.75) is 6.54 Å². The number of ether oxygens (including phenoxy) is 1. The number of rotatable bonds is 4. The summed E-state index contributed by atoms with van der Waals surface area (Å²) in [5, 5.41) is 4.12. The second kappa shape index (κ2) is 8.13. The van der Waals surface area contributed by atoms with Crippen LogP contribution in [0.2, 0.25) is 0 Å².